The molecule has 0 N–H and O–H groups in total. The highest BCUT2D eigenvalue weighted by atomic mass is 16.6. The van der Waals surface area contributed by atoms with Crippen LogP contribution in [0.1, 0.15) is 33.2 Å². The number of epoxide rings is 1. The SMILES string of the molecule is CCc1ccc2c(c1)C(=O)C1OC1C2=O. The van der Waals surface area contributed by atoms with Gasteiger partial charge in [0.05, 0.1) is 0 Å². The largest absolute Gasteiger partial charge is 0.352 e. The zero-order valence-electron chi connectivity index (χ0n) is 8.32. The zero-order chi connectivity index (χ0) is 10.6. The van der Waals surface area contributed by atoms with E-state index in [1.165, 1.54) is 0 Å². The molecule has 2 atom stereocenters. The summed E-state index contributed by atoms with van der Waals surface area (Å²) in [6.07, 6.45) is -0.112. The standard InChI is InChI=1S/C12H10O3/c1-2-6-3-4-7-8(5-6)10(14)12-11(15-12)9(7)13/h3-5,11-12H,2H2,1H3. The van der Waals surface area contributed by atoms with Gasteiger partial charge in [0.2, 0.25) is 0 Å². The Morgan fingerprint density at radius 2 is 1.80 bits per heavy atom. The molecule has 0 amide bonds. The number of Topliss-reactive ketones (excluding diaryl/α,β-unsaturated/α-hetero) is 2. The first kappa shape index (κ1) is 8.80. The van der Waals surface area contributed by atoms with Crippen LogP contribution >= 0.6 is 0 Å². The summed E-state index contributed by atoms with van der Waals surface area (Å²) < 4.78 is 5.06. The number of aryl methyl sites for hydroxylation is 1. The first-order valence-electron chi connectivity index (χ1n) is 5.09. The first-order valence-corrected chi connectivity index (χ1v) is 5.09. The Kier molecular flexibility index (Phi) is 1.62. The van der Waals surface area contributed by atoms with Crippen molar-refractivity contribution in [3.8, 4) is 0 Å². The molecule has 0 aromatic heterocycles. The third-order valence-corrected chi connectivity index (χ3v) is 3.03. The number of rotatable bonds is 1. The molecule has 3 rings (SSSR count). The molecule has 0 radical (unpaired) electrons. The van der Waals surface area contributed by atoms with Gasteiger partial charge in [0.15, 0.2) is 23.8 Å². The van der Waals surface area contributed by atoms with Crippen LogP contribution in [0.2, 0.25) is 0 Å². The minimum absolute atomic E-state index is 0.0371. The fourth-order valence-corrected chi connectivity index (χ4v) is 2.05. The molecule has 1 saturated heterocycles. The zero-order valence-corrected chi connectivity index (χ0v) is 8.32. The third-order valence-electron chi connectivity index (χ3n) is 3.03. The number of hydrogen-bond donors (Lipinski definition) is 0. The number of carbonyl (C=O) groups excluding carboxylic acids is 2. The Balaban J connectivity index is 2.17. The summed E-state index contributed by atoms with van der Waals surface area (Å²) in [6, 6.07) is 5.45. The Bertz CT molecular complexity index is 476. The number of carbonyl (C=O) groups is 2. The van der Waals surface area contributed by atoms with Crippen molar-refractivity contribution in [2.45, 2.75) is 25.6 Å². The van der Waals surface area contributed by atoms with Crippen LogP contribution in [-0.4, -0.2) is 23.8 Å². The minimum atomic E-state index is -0.489. The summed E-state index contributed by atoms with van der Waals surface area (Å²) in [5.74, 6) is -0.0813. The van der Waals surface area contributed by atoms with Crippen molar-refractivity contribution in [1.29, 1.82) is 0 Å². The van der Waals surface area contributed by atoms with E-state index in [2.05, 4.69) is 0 Å². The van der Waals surface area contributed by atoms with Crippen molar-refractivity contribution >= 4 is 11.6 Å². The van der Waals surface area contributed by atoms with E-state index in [0.717, 1.165) is 12.0 Å². The molecule has 0 saturated carbocycles. The predicted octanol–water partition coefficient (Wildman–Crippen LogP) is 1.40. The van der Waals surface area contributed by atoms with Gasteiger partial charge in [-0.2, -0.15) is 0 Å². The average molecular weight is 202 g/mol. The van der Waals surface area contributed by atoms with E-state index < -0.39 is 12.2 Å². The predicted molar refractivity (Wildman–Crippen MR) is 53.1 cm³/mol. The van der Waals surface area contributed by atoms with E-state index in [9.17, 15) is 9.59 Å². The molecule has 2 aliphatic rings. The Morgan fingerprint density at radius 1 is 1.13 bits per heavy atom. The van der Waals surface area contributed by atoms with Crippen LogP contribution < -0.4 is 0 Å². The summed E-state index contributed by atoms with van der Waals surface area (Å²) in [6.45, 7) is 2.02. The molecule has 3 nitrogen and oxygen atoms in total. The summed E-state index contributed by atoms with van der Waals surface area (Å²) in [7, 11) is 0. The molecule has 1 aliphatic carbocycles. The molecule has 15 heavy (non-hydrogen) atoms. The number of hydrogen-bond acceptors (Lipinski definition) is 3. The lowest BCUT2D eigenvalue weighted by Crippen LogP contribution is -2.26. The molecule has 1 aromatic carbocycles. The smallest absolute Gasteiger partial charge is 0.195 e. The second kappa shape index (κ2) is 2.76. The van der Waals surface area contributed by atoms with E-state index in [4.69, 9.17) is 4.74 Å². The number of ether oxygens (including phenoxy) is 1. The molecule has 1 aliphatic heterocycles. The van der Waals surface area contributed by atoms with Gasteiger partial charge in [0, 0.05) is 11.1 Å². The lowest BCUT2D eigenvalue weighted by atomic mass is 9.88. The molecular weight excluding hydrogens is 192 g/mol. The van der Waals surface area contributed by atoms with Crippen molar-refractivity contribution in [3.63, 3.8) is 0 Å². The Morgan fingerprint density at radius 3 is 2.47 bits per heavy atom. The maximum absolute atomic E-state index is 11.8. The van der Waals surface area contributed by atoms with Gasteiger partial charge in [-0.15, -0.1) is 0 Å². The van der Waals surface area contributed by atoms with Gasteiger partial charge in [-0.3, -0.25) is 9.59 Å². The normalized spacial score (nSPS) is 27.3. The monoisotopic (exact) mass is 202 g/mol. The fraction of sp³-hybridized carbons (Fsp3) is 0.333. The van der Waals surface area contributed by atoms with Crippen LogP contribution in [-0.2, 0) is 11.2 Å². The third kappa shape index (κ3) is 1.10. The van der Waals surface area contributed by atoms with Crippen molar-refractivity contribution < 1.29 is 14.3 Å². The second-order valence-corrected chi connectivity index (χ2v) is 3.94. The highest BCUT2D eigenvalue weighted by Crippen LogP contribution is 2.36. The fourth-order valence-electron chi connectivity index (χ4n) is 2.05. The summed E-state index contributed by atoms with van der Waals surface area (Å²) in [5, 5.41) is 0. The van der Waals surface area contributed by atoms with Crippen LogP contribution in [0, 0.1) is 0 Å². The number of benzene rings is 1. The first-order chi connectivity index (χ1) is 7.22. The van der Waals surface area contributed by atoms with Crippen LogP contribution in [0.5, 0.6) is 0 Å². The van der Waals surface area contributed by atoms with Gasteiger partial charge in [0.1, 0.15) is 0 Å². The Labute approximate surface area is 87.0 Å². The van der Waals surface area contributed by atoms with Crippen LogP contribution in [0.3, 0.4) is 0 Å². The van der Waals surface area contributed by atoms with E-state index in [1.807, 2.05) is 19.1 Å². The molecule has 3 heteroatoms. The maximum atomic E-state index is 11.8. The molecule has 1 aromatic rings. The number of fused-ring (bicyclic) bond motifs is 2. The molecule has 0 bridgehead atoms. The van der Waals surface area contributed by atoms with Crippen molar-refractivity contribution in [2.24, 2.45) is 0 Å². The van der Waals surface area contributed by atoms with Gasteiger partial charge in [-0.25, -0.2) is 0 Å². The van der Waals surface area contributed by atoms with Gasteiger partial charge in [0.25, 0.3) is 0 Å². The molecule has 1 fully saturated rings. The van der Waals surface area contributed by atoms with Crippen LogP contribution in [0.15, 0.2) is 18.2 Å². The van der Waals surface area contributed by atoms with Crippen molar-refractivity contribution in [2.75, 3.05) is 0 Å². The second-order valence-electron chi connectivity index (χ2n) is 3.94. The molecule has 76 valence electrons. The molecular formula is C12H10O3. The van der Waals surface area contributed by atoms with Gasteiger partial charge in [-0.05, 0) is 18.1 Å². The highest BCUT2D eigenvalue weighted by Gasteiger charge is 2.54. The molecule has 2 unspecified atom stereocenters. The van der Waals surface area contributed by atoms with Gasteiger partial charge in [-0.1, -0.05) is 19.1 Å². The quantitative estimate of drug-likeness (QED) is 0.646. The van der Waals surface area contributed by atoms with E-state index in [1.54, 1.807) is 6.07 Å². The van der Waals surface area contributed by atoms with Gasteiger partial charge < -0.3 is 4.74 Å². The average Bonchev–Trinajstić information content (AvgIpc) is 3.05. The summed E-state index contributed by atoms with van der Waals surface area (Å²) >= 11 is 0. The maximum Gasteiger partial charge on any atom is 0.195 e. The van der Waals surface area contributed by atoms with E-state index >= 15 is 0 Å². The van der Waals surface area contributed by atoms with Crippen molar-refractivity contribution in [1.82, 2.24) is 0 Å². The van der Waals surface area contributed by atoms with Crippen LogP contribution in [0.4, 0.5) is 0 Å². The van der Waals surface area contributed by atoms with Gasteiger partial charge >= 0.3 is 0 Å². The lowest BCUT2D eigenvalue weighted by molar-refractivity contribution is 0.0922. The van der Waals surface area contributed by atoms with E-state index in [-0.39, 0.29) is 11.6 Å². The lowest BCUT2D eigenvalue weighted by Gasteiger charge is -2.11. The van der Waals surface area contributed by atoms with E-state index in [0.29, 0.717) is 11.1 Å². The molecule has 0 spiro atoms. The summed E-state index contributed by atoms with van der Waals surface area (Å²) in [4.78, 5) is 23.5. The number of ketones is 2. The van der Waals surface area contributed by atoms with Crippen LogP contribution in [0.25, 0.3) is 0 Å². The van der Waals surface area contributed by atoms with Crippen molar-refractivity contribution in [3.05, 3.63) is 34.9 Å². The minimum Gasteiger partial charge on any atom is -0.352 e. The molecule has 1 heterocycles. The topological polar surface area (TPSA) is 46.7 Å². The Hall–Kier alpha value is -1.48. The highest BCUT2D eigenvalue weighted by molar-refractivity contribution is 6.20. The summed E-state index contributed by atoms with van der Waals surface area (Å²) in [5.41, 5.74) is 2.14.